The molecule has 24 heavy (non-hydrogen) atoms. The van der Waals surface area contributed by atoms with E-state index in [1.165, 1.54) is 44.9 Å². The molecule has 0 aromatic heterocycles. The molecular weight excluding hydrogens is 312 g/mol. The first-order valence-corrected chi connectivity index (χ1v) is 11.0. The lowest BCUT2D eigenvalue weighted by atomic mass is 9.46. The summed E-state index contributed by atoms with van der Waals surface area (Å²) in [6, 6.07) is 0. The van der Waals surface area contributed by atoms with Gasteiger partial charge in [-0.2, -0.15) is 12.6 Å². The van der Waals surface area contributed by atoms with E-state index in [0.29, 0.717) is 10.8 Å². The van der Waals surface area contributed by atoms with E-state index in [2.05, 4.69) is 32.6 Å². The van der Waals surface area contributed by atoms with Crippen molar-refractivity contribution in [2.75, 3.05) is 5.75 Å². The van der Waals surface area contributed by atoms with Gasteiger partial charge in [0.1, 0.15) is 0 Å². The van der Waals surface area contributed by atoms with Crippen LogP contribution in [0.3, 0.4) is 0 Å². The van der Waals surface area contributed by atoms with Crippen molar-refractivity contribution in [2.45, 2.75) is 84.2 Å². The molecule has 0 aliphatic heterocycles. The molecule has 2 heteroatoms. The highest BCUT2D eigenvalue weighted by Gasteiger charge is 2.58. The molecule has 0 heterocycles. The predicted octanol–water partition coefficient (Wildman–Crippen LogP) is 5.64. The van der Waals surface area contributed by atoms with Gasteiger partial charge in [-0.05, 0) is 105 Å². The minimum Gasteiger partial charge on any atom is -0.390 e. The summed E-state index contributed by atoms with van der Waals surface area (Å²) in [5.41, 5.74) is 2.07. The van der Waals surface area contributed by atoms with Gasteiger partial charge in [0, 0.05) is 0 Å². The zero-order valence-corrected chi connectivity index (χ0v) is 16.7. The molecule has 1 nitrogen and oxygen atoms in total. The lowest BCUT2D eigenvalue weighted by molar-refractivity contribution is -0.0654. The molecule has 1 N–H and O–H groups in total. The number of allylic oxidation sites excluding steroid dienone is 1. The van der Waals surface area contributed by atoms with Gasteiger partial charge < -0.3 is 5.11 Å². The zero-order valence-electron chi connectivity index (χ0n) is 15.9. The van der Waals surface area contributed by atoms with E-state index in [9.17, 15) is 5.11 Å². The fourth-order valence-corrected chi connectivity index (χ4v) is 7.86. The SMILES string of the molecule is CC12CC[C@](C)(O)CC1=CCC1C2CCC2(C)C(CCS)CCC12. The van der Waals surface area contributed by atoms with Crippen molar-refractivity contribution < 1.29 is 5.11 Å². The highest BCUT2D eigenvalue weighted by atomic mass is 32.1. The van der Waals surface area contributed by atoms with Gasteiger partial charge in [-0.1, -0.05) is 25.5 Å². The molecule has 3 saturated carbocycles. The summed E-state index contributed by atoms with van der Waals surface area (Å²) in [5.74, 6) is 4.65. The number of thiol groups is 1. The van der Waals surface area contributed by atoms with Crippen molar-refractivity contribution in [3.8, 4) is 0 Å². The molecule has 0 aromatic carbocycles. The molecule has 4 aliphatic rings. The van der Waals surface area contributed by atoms with Crippen LogP contribution in [0.5, 0.6) is 0 Å². The van der Waals surface area contributed by atoms with Crippen LogP contribution in [0.1, 0.15) is 78.6 Å². The van der Waals surface area contributed by atoms with E-state index in [0.717, 1.165) is 42.3 Å². The van der Waals surface area contributed by atoms with Gasteiger partial charge in [-0.25, -0.2) is 0 Å². The summed E-state index contributed by atoms with van der Waals surface area (Å²) >= 11 is 4.54. The van der Waals surface area contributed by atoms with Crippen molar-refractivity contribution in [3.63, 3.8) is 0 Å². The Labute approximate surface area is 154 Å². The molecule has 4 aliphatic carbocycles. The zero-order chi connectivity index (χ0) is 17.2. The van der Waals surface area contributed by atoms with E-state index in [-0.39, 0.29) is 0 Å². The number of aliphatic hydroxyl groups is 1. The van der Waals surface area contributed by atoms with Crippen LogP contribution in [0.25, 0.3) is 0 Å². The summed E-state index contributed by atoms with van der Waals surface area (Å²) < 4.78 is 0. The van der Waals surface area contributed by atoms with Crippen molar-refractivity contribution in [2.24, 2.45) is 34.5 Å². The molecule has 4 rings (SSSR count). The van der Waals surface area contributed by atoms with Gasteiger partial charge >= 0.3 is 0 Å². The summed E-state index contributed by atoms with van der Waals surface area (Å²) in [4.78, 5) is 0. The standard InChI is InChI=1S/C22H36OS/c1-20(23)11-12-22(3)16(14-20)4-6-17-18-7-5-15(9-13-24)21(18,2)10-8-19(17)22/h4,15,17-19,23-24H,5-14H2,1-3H3/t15?,17?,18?,19?,20-,21?,22?/m0/s1. The van der Waals surface area contributed by atoms with Crippen molar-refractivity contribution >= 4 is 12.6 Å². The first-order valence-electron chi connectivity index (χ1n) is 10.3. The topological polar surface area (TPSA) is 20.2 Å². The third-order valence-corrected chi connectivity index (χ3v) is 9.31. The van der Waals surface area contributed by atoms with Crippen LogP contribution in [0.15, 0.2) is 11.6 Å². The van der Waals surface area contributed by atoms with Crippen LogP contribution >= 0.6 is 12.6 Å². The first-order chi connectivity index (χ1) is 11.3. The van der Waals surface area contributed by atoms with E-state index in [1.54, 1.807) is 5.57 Å². The molecule has 7 atom stereocenters. The monoisotopic (exact) mass is 348 g/mol. The van der Waals surface area contributed by atoms with Crippen LogP contribution in [0, 0.1) is 34.5 Å². The summed E-state index contributed by atoms with van der Waals surface area (Å²) in [6.45, 7) is 7.19. The Kier molecular flexibility index (Phi) is 4.20. The molecule has 0 bridgehead atoms. The van der Waals surface area contributed by atoms with Crippen LogP contribution < -0.4 is 0 Å². The molecule has 0 saturated heterocycles. The van der Waals surface area contributed by atoms with Crippen LogP contribution in [-0.4, -0.2) is 16.5 Å². The molecule has 3 fully saturated rings. The smallest absolute Gasteiger partial charge is 0.0657 e. The minimum absolute atomic E-state index is 0.369. The number of hydrogen-bond acceptors (Lipinski definition) is 2. The van der Waals surface area contributed by atoms with E-state index >= 15 is 0 Å². The van der Waals surface area contributed by atoms with E-state index in [1.807, 2.05) is 6.92 Å². The van der Waals surface area contributed by atoms with Crippen LogP contribution in [-0.2, 0) is 0 Å². The average molecular weight is 349 g/mol. The Bertz CT molecular complexity index is 538. The Hall–Kier alpha value is 0.0500. The fraction of sp³-hybridized carbons (Fsp3) is 0.909. The van der Waals surface area contributed by atoms with Crippen LogP contribution in [0.2, 0.25) is 0 Å². The maximum absolute atomic E-state index is 10.6. The van der Waals surface area contributed by atoms with Crippen molar-refractivity contribution in [1.82, 2.24) is 0 Å². The maximum Gasteiger partial charge on any atom is 0.0657 e. The third-order valence-electron chi connectivity index (χ3n) is 9.05. The van der Waals surface area contributed by atoms with Crippen molar-refractivity contribution in [1.29, 1.82) is 0 Å². The van der Waals surface area contributed by atoms with Gasteiger partial charge in [-0.3, -0.25) is 0 Å². The Morgan fingerprint density at radius 3 is 2.62 bits per heavy atom. The normalized spacial score (nSPS) is 53.8. The largest absolute Gasteiger partial charge is 0.390 e. The van der Waals surface area contributed by atoms with Crippen LogP contribution in [0.4, 0.5) is 0 Å². The third kappa shape index (κ3) is 2.46. The summed E-state index contributed by atoms with van der Waals surface area (Å²) in [7, 11) is 0. The molecule has 136 valence electrons. The minimum atomic E-state index is -0.466. The lowest BCUT2D eigenvalue weighted by Crippen LogP contribution is -2.51. The number of fused-ring (bicyclic) bond motifs is 5. The molecule has 0 radical (unpaired) electrons. The quantitative estimate of drug-likeness (QED) is 0.489. The molecule has 0 aromatic rings. The summed E-state index contributed by atoms with van der Waals surface area (Å²) in [6.07, 6.45) is 14.0. The highest BCUT2D eigenvalue weighted by molar-refractivity contribution is 7.80. The number of rotatable bonds is 2. The Morgan fingerprint density at radius 1 is 1.08 bits per heavy atom. The number of hydrogen-bond donors (Lipinski definition) is 2. The molecular formula is C22H36OS. The molecule has 0 spiro atoms. The summed E-state index contributed by atoms with van der Waals surface area (Å²) in [5, 5.41) is 10.6. The maximum atomic E-state index is 10.6. The van der Waals surface area contributed by atoms with Gasteiger partial charge in [0.15, 0.2) is 0 Å². The average Bonchev–Trinajstić information content (AvgIpc) is 2.85. The van der Waals surface area contributed by atoms with E-state index < -0.39 is 5.60 Å². The Morgan fingerprint density at radius 2 is 1.88 bits per heavy atom. The molecule has 6 unspecified atom stereocenters. The van der Waals surface area contributed by atoms with Gasteiger partial charge in [0.05, 0.1) is 5.60 Å². The fourth-order valence-electron chi connectivity index (χ4n) is 7.54. The van der Waals surface area contributed by atoms with Gasteiger partial charge in [-0.15, -0.1) is 0 Å². The second kappa shape index (κ2) is 5.78. The molecule has 0 amide bonds. The van der Waals surface area contributed by atoms with E-state index in [4.69, 9.17) is 0 Å². The van der Waals surface area contributed by atoms with Gasteiger partial charge in [0.25, 0.3) is 0 Å². The second-order valence-electron chi connectivity index (χ2n) is 10.3. The lowest BCUT2D eigenvalue weighted by Gasteiger charge is -2.59. The Balaban J connectivity index is 1.62. The second-order valence-corrected chi connectivity index (χ2v) is 10.7. The van der Waals surface area contributed by atoms with Crippen molar-refractivity contribution in [3.05, 3.63) is 11.6 Å². The first kappa shape index (κ1) is 17.5. The highest BCUT2D eigenvalue weighted by Crippen LogP contribution is 2.67. The van der Waals surface area contributed by atoms with Gasteiger partial charge in [0.2, 0.25) is 0 Å². The predicted molar refractivity (Wildman–Crippen MR) is 104 cm³/mol.